The number of para-hydroxylation sites is 1. The van der Waals surface area contributed by atoms with E-state index in [9.17, 15) is 9.59 Å². The maximum atomic E-state index is 13.6. The number of fused-ring (bicyclic) bond motifs is 1. The molecule has 1 spiro atoms. The number of hydrogen-bond donors (Lipinski definition) is 2. The molecule has 0 saturated carbocycles. The summed E-state index contributed by atoms with van der Waals surface area (Å²) in [6.07, 6.45) is 3.55. The molecule has 0 unspecified atom stereocenters. The summed E-state index contributed by atoms with van der Waals surface area (Å²) in [7, 11) is 0. The number of likely N-dealkylation sites (tertiary alicyclic amines) is 1. The second kappa shape index (κ2) is 10.2. The van der Waals surface area contributed by atoms with Crippen molar-refractivity contribution in [3.05, 3.63) is 65.7 Å². The van der Waals surface area contributed by atoms with Crippen molar-refractivity contribution in [3.63, 3.8) is 0 Å². The zero-order chi connectivity index (χ0) is 24.2. The van der Waals surface area contributed by atoms with Gasteiger partial charge in [-0.25, -0.2) is 0 Å². The highest BCUT2D eigenvalue weighted by Crippen LogP contribution is 2.38. The quantitative estimate of drug-likeness (QED) is 0.656. The van der Waals surface area contributed by atoms with Gasteiger partial charge in [0.1, 0.15) is 17.4 Å². The molecule has 0 aliphatic carbocycles. The Labute approximate surface area is 201 Å². The number of carbonyl (C=O) groups is 2. The lowest BCUT2D eigenvalue weighted by molar-refractivity contribution is -0.144. The van der Waals surface area contributed by atoms with Crippen LogP contribution >= 0.6 is 0 Å². The summed E-state index contributed by atoms with van der Waals surface area (Å²) >= 11 is 0. The molecule has 2 heterocycles. The number of nitrogens with two attached hydrogens (primary N) is 1. The Kier molecular flexibility index (Phi) is 7.24. The molecule has 2 aliphatic heterocycles. The van der Waals surface area contributed by atoms with Gasteiger partial charge in [0, 0.05) is 6.54 Å². The Balaban J connectivity index is 1.45. The van der Waals surface area contributed by atoms with Crippen molar-refractivity contribution >= 4 is 11.8 Å². The molecular weight excluding hydrogens is 430 g/mol. The molecule has 0 radical (unpaired) electrons. The van der Waals surface area contributed by atoms with Gasteiger partial charge in [0.15, 0.2) is 0 Å². The van der Waals surface area contributed by atoms with Crippen LogP contribution in [-0.2, 0) is 27.4 Å². The van der Waals surface area contributed by atoms with Crippen LogP contribution in [0.1, 0.15) is 44.2 Å². The SMILES string of the molecule is CC(C)(N)C(=O)N[C@H](COCc1ccccc1)C(=O)N1CCC[C@@]2(CCc3ccccc3O2)C1. The van der Waals surface area contributed by atoms with Crippen LogP contribution in [-0.4, -0.2) is 53.6 Å². The third kappa shape index (κ3) is 5.77. The lowest BCUT2D eigenvalue weighted by Crippen LogP contribution is -2.61. The van der Waals surface area contributed by atoms with E-state index in [0.29, 0.717) is 19.7 Å². The molecular formula is C27H35N3O4. The summed E-state index contributed by atoms with van der Waals surface area (Å²) in [6.45, 7) is 4.80. The lowest BCUT2D eigenvalue weighted by atomic mass is 9.84. The largest absolute Gasteiger partial charge is 0.485 e. The van der Waals surface area contributed by atoms with Gasteiger partial charge in [0.2, 0.25) is 11.8 Å². The van der Waals surface area contributed by atoms with Crippen molar-refractivity contribution in [1.29, 1.82) is 0 Å². The van der Waals surface area contributed by atoms with E-state index in [1.807, 2.05) is 53.4 Å². The number of ether oxygens (including phenoxy) is 2. The first-order chi connectivity index (χ1) is 16.3. The normalized spacial score (nSPS) is 20.9. The smallest absolute Gasteiger partial charge is 0.247 e. The summed E-state index contributed by atoms with van der Waals surface area (Å²) in [6, 6.07) is 17.0. The van der Waals surface area contributed by atoms with Crippen LogP contribution in [0.3, 0.4) is 0 Å². The van der Waals surface area contributed by atoms with Crippen LogP contribution in [0.25, 0.3) is 0 Å². The minimum atomic E-state index is -1.10. The Bertz CT molecular complexity index is 1000. The molecule has 2 amide bonds. The van der Waals surface area contributed by atoms with E-state index >= 15 is 0 Å². The molecule has 4 rings (SSSR count). The molecule has 2 aliphatic rings. The highest BCUT2D eigenvalue weighted by molar-refractivity contribution is 5.91. The Morgan fingerprint density at radius 1 is 1.15 bits per heavy atom. The van der Waals surface area contributed by atoms with Gasteiger partial charge in [0.25, 0.3) is 0 Å². The molecule has 2 atom stereocenters. The summed E-state index contributed by atoms with van der Waals surface area (Å²) in [5, 5.41) is 2.83. The topological polar surface area (TPSA) is 93.9 Å². The molecule has 2 aromatic carbocycles. The molecule has 2 aromatic rings. The van der Waals surface area contributed by atoms with Crippen LogP contribution < -0.4 is 15.8 Å². The molecule has 34 heavy (non-hydrogen) atoms. The van der Waals surface area contributed by atoms with E-state index < -0.39 is 17.2 Å². The van der Waals surface area contributed by atoms with Crippen molar-refractivity contribution in [2.75, 3.05) is 19.7 Å². The van der Waals surface area contributed by atoms with E-state index in [1.165, 1.54) is 5.56 Å². The first kappa shape index (κ1) is 24.2. The fourth-order valence-corrected chi connectivity index (χ4v) is 4.64. The van der Waals surface area contributed by atoms with Crippen molar-refractivity contribution in [1.82, 2.24) is 10.2 Å². The highest BCUT2D eigenvalue weighted by Gasteiger charge is 2.43. The Morgan fingerprint density at radius 2 is 1.88 bits per heavy atom. The van der Waals surface area contributed by atoms with E-state index in [0.717, 1.165) is 37.0 Å². The molecule has 3 N–H and O–H groups in total. The predicted molar refractivity (Wildman–Crippen MR) is 130 cm³/mol. The number of piperidine rings is 1. The average Bonchev–Trinajstić information content (AvgIpc) is 2.83. The summed E-state index contributed by atoms with van der Waals surface area (Å²) in [5.74, 6) is 0.361. The lowest BCUT2D eigenvalue weighted by Gasteiger charge is -2.46. The van der Waals surface area contributed by atoms with Gasteiger partial charge < -0.3 is 25.4 Å². The number of rotatable bonds is 7. The van der Waals surface area contributed by atoms with Crippen molar-refractivity contribution < 1.29 is 19.1 Å². The van der Waals surface area contributed by atoms with Crippen molar-refractivity contribution in [3.8, 4) is 5.75 Å². The second-order valence-corrected chi connectivity index (χ2v) is 10.0. The Morgan fingerprint density at radius 3 is 2.65 bits per heavy atom. The number of aryl methyl sites for hydroxylation is 1. The second-order valence-electron chi connectivity index (χ2n) is 10.0. The van der Waals surface area contributed by atoms with E-state index in [1.54, 1.807) is 13.8 Å². The maximum Gasteiger partial charge on any atom is 0.247 e. The number of carbonyl (C=O) groups excluding carboxylic acids is 2. The molecule has 0 bridgehead atoms. The zero-order valence-corrected chi connectivity index (χ0v) is 20.1. The van der Waals surface area contributed by atoms with Gasteiger partial charge in [-0.15, -0.1) is 0 Å². The van der Waals surface area contributed by atoms with Gasteiger partial charge in [0.05, 0.1) is 25.3 Å². The molecule has 1 saturated heterocycles. The minimum Gasteiger partial charge on any atom is -0.485 e. The van der Waals surface area contributed by atoms with Crippen LogP contribution in [0.15, 0.2) is 54.6 Å². The van der Waals surface area contributed by atoms with Crippen molar-refractivity contribution in [2.24, 2.45) is 5.73 Å². The first-order valence-electron chi connectivity index (χ1n) is 12.0. The molecule has 7 nitrogen and oxygen atoms in total. The minimum absolute atomic E-state index is 0.0722. The third-order valence-corrected chi connectivity index (χ3v) is 6.58. The molecule has 1 fully saturated rings. The van der Waals surface area contributed by atoms with Gasteiger partial charge in [-0.1, -0.05) is 48.5 Å². The number of amides is 2. The van der Waals surface area contributed by atoms with Crippen molar-refractivity contribution in [2.45, 2.75) is 63.3 Å². The molecule has 182 valence electrons. The van der Waals surface area contributed by atoms with Crippen LogP contribution in [0.5, 0.6) is 5.75 Å². The van der Waals surface area contributed by atoms with Gasteiger partial charge in [-0.3, -0.25) is 9.59 Å². The van der Waals surface area contributed by atoms with E-state index in [4.69, 9.17) is 15.2 Å². The maximum absolute atomic E-state index is 13.6. The van der Waals surface area contributed by atoms with E-state index in [2.05, 4.69) is 11.4 Å². The third-order valence-electron chi connectivity index (χ3n) is 6.58. The number of hydrogen-bond acceptors (Lipinski definition) is 5. The zero-order valence-electron chi connectivity index (χ0n) is 20.1. The first-order valence-corrected chi connectivity index (χ1v) is 12.0. The average molecular weight is 466 g/mol. The molecule has 0 aromatic heterocycles. The Hall–Kier alpha value is -2.90. The predicted octanol–water partition coefficient (Wildman–Crippen LogP) is 2.81. The standard InChI is InChI=1S/C27H35N3O4/c1-26(2,28)25(32)29-22(18-33-17-20-9-4-3-5-10-20)24(31)30-16-8-14-27(19-30)15-13-21-11-6-7-12-23(21)34-27/h3-7,9-12,22H,8,13-19,28H2,1-2H3,(H,29,32)/t22-,27-/m1/s1. The monoisotopic (exact) mass is 465 g/mol. The highest BCUT2D eigenvalue weighted by atomic mass is 16.5. The van der Waals surface area contributed by atoms with Crippen LogP contribution in [0, 0.1) is 0 Å². The van der Waals surface area contributed by atoms with E-state index in [-0.39, 0.29) is 18.4 Å². The van der Waals surface area contributed by atoms with Gasteiger partial charge in [-0.2, -0.15) is 0 Å². The summed E-state index contributed by atoms with van der Waals surface area (Å²) in [5.41, 5.74) is 6.71. The van der Waals surface area contributed by atoms with Crippen LogP contribution in [0.2, 0.25) is 0 Å². The summed E-state index contributed by atoms with van der Waals surface area (Å²) in [4.78, 5) is 28.1. The summed E-state index contributed by atoms with van der Waals surface area (Å²) < 4.78 is 12.3. The fourth-order valence-electron chi connectivity index (χ4n) is 4.64. The molecule has 7 heteroatoms. The van der Waals surface area contributed by atoms with Gasteiger partial charge in [-0.05, 0) is 56.7 Å². The van der Waals surface area contributed by atoms with Crippen LogP contribution in [0.4, 0.5) is 0 Å². The number of benzene rings is 2. The fraction of sp³-hybridized carbons (Fsp3) is 0.481. The number of nitrogens with zero attached hydrogens (tertiary/aromatic N) is 1. The number of nitrogens with one attached hydrogen (secondary N) is 1. The van der Waals surface area contributed by atoms with Gasteiger partial charge >= 0.3 is 0 Å².